The molecule has 0 bridgehead atoms. The molecule has 0 amide bonds. The summed E-state index contributed by atoms with van der Waals surface area (Å²) >= 11 is 0. The van der Waals surface area contributed by atoms with Gasteiger partial charge >= 0.3 is 0 Å². The zero-order valence-corrected chi connectivity index (χ0v) is 13.4. The smallest absolute Gasteiger partial charge is 0.147 e. The van der Waals surface area contributed by atoms with Gasteiger partial charge in [-0.15, -0.1) is 0 Å². The number of likely N-dealkylation sites (N-methyl/N-ethyl adjacent to an activating group) is 1. The molecular formula is C14H29NO3S. The summed E-state index contributed by atoms with van der Waals surface area (Å²) in [7, 11) is -2.91. The van der Waals surface area contributed by atoms with Gasteiger partial charge in [-0.2, -0.15) is 0 Å². The highest BCUT2D eigenvalue weighted by atomic mass is 32.2. The molecule has 0 aromatic rings. The second-order valence-corrected chi connectivity index (χ2v) is 7.85. The van der Waals surface area contributed by atoms with Crippen molar-refractivity contribution in [1.82, 2.24) is 5.32 Å². The van der Waals surface area contributed by atoms with Crippen molar-refractivity contribution >= 4 is 9.84 Å². The van der Waals surface area contributed by atoms with Crippen LogP contribution >= 0.6 is 0 Å². The average Bonchev–Trinajstić information content (AvgIpc) is 2.34. The van der Waals surface area contributed by atoms with Crippen molar-refractivity contribution in [2.75, 3.05) is 25.2 Å². The molecule has 1 unspecified atom stereocenters. The lowest BCUT2D eigenvalue weighted by Gasteiger charge is -2.43. The molecular weight excluding hydrogens is 262 g/mol. The Morgan fingerprint density at radius 1 is 1.21 bits per heavy atom. The number of hydrogen-bond donors (Lipinski definition) is 1. The van der Waals surface area contributed by atoms with E-state index in [1.807, 2.05) is 6.92 Å². The largest absolute Gasteiger partial charge is 0.374 e. The van der Waals surface area contributed by atoms with Gasteiger partial charge in [0, 0.05) is 18.9 Å². The second kappa shape index (κ2) is 7.60. The highest BCUT2D eigenvalue weighted by Crippen LogP contribution is 2.36. The van der Waals surface area contributed by atoms with Crippen molar-refractivity contribution in [3.05, 3.63) is 0 Å². The minimum absolute atomic E-state index is 0.146. The minimum atomic E-state index is -2.91. The van der Waals surface area contributed by atoms with Crippen LogP contribution in [-0.2, 0) is 14.6 Å². The standard InChI is InChI=1S/C14H29NO3S/c1-4-15-13(9-12-19(3,16)17)14(18-5-2)10-7-6-8-11-14/h13,15H,4-12H2,1-3H3. The molecule has 1 atom stereocenters. The summed E-state index contributed by atoms with van der Waals surface area (Å²) in [4.78, 5) is 0. The molecule has 19 heavy (non-hydrogen) atoms. The van der Waals surface area contributed by atoms with Gasteiger partial charge in [0.15, 0.2) is 0 Å². The van der Waals surface area contributed by atoms with Crippen LogP contribution in [0.15, 0.2) is 0 Å². The van der Waals surface area contributed by atoms with Crippen LogP contribution in [0.25, 0.3) is 0 Å². The van der Waals surface area contributed by atoms with E-state index < -0.39 is 9.84 Å². The Morgan fingerprint density at radius 3 is 2.32 bits per heavy atom. The van der Waals surface area contributed by atoms with Crippen molar-refractivity contribution in [2.24, 2.45) is 0 Å². The molecule has 0 heterocycles. The van der Waals surface area contributed by atoms with Gasteiger partial charge in [0.1, 0.15) is 9.84 Å². The van der Waals surface area contributed by atoms with E-state index in [0.29, 0.717) is 13.0 Å². The first-order valence-electron chi connectivity index (χ1n) is 7.48. The van der Waals surface area contributed by atoms with E-state index in [1.165, 1.54) is 25.5 Å². The third kappa shape index (κ3) is 5.40. The Balaban J connectivity index is 2.78. The monoisotopic (exact) mass is 291 g/mol. The Kier molecular flexibility index (Phi) is 6.77. The maximum atomic E-state index is 11.4. The number of sulfone groups is 1. The maximum absolute atomic E-state index is 11.4. The fraction of sp³-hybridized carbons (Fsp3) is 1.00. The van der Waals surface area contributed by atoms with Gasteiger partial charge < -0.3 is 10.1 Å². The maximum Gasteiger partial charge on any atom is 0.147 e. The third-order valence-electron chi connectivity index (χ3n) is 3.99. The van der Waals surface area contributed by atoms with E-state index in [4.69, 9.17) is 4.74 Å². The average molecular weight is 291 g/mol. The Morgan fingerprint density at radius 2 is 1.84 bits per heavy atom. The van der Waals surface area contributed by atoms with Gasteiger partial charge in [0.25, 0.3) is 0 Å². The van der Waals surface area contributed by atoms with Gasteiger partial charge in [-0.1, -0.05) is 26.2 Å². The Labute approximate surface area is 118 Å². The lowest BCUT2D eigenvalue weighted by atomic mass is 9.78. The number of rotatable bonds is 8. The summed E-state index contributed by atoms with van der Waals surface area (Å²) in [5, 5.41) is 3.46. The van der Waals surface area contributed by atoms with Gasteiger partial charge in [0.05, 0.1) is 11.4 Å². The summed E-state index contributed by atoms with van der Waals surface area (Å²) in [5.41, 5.74) is -0.159. The van der Waals surface area contributed by atoms with Crippen LogP contribution in [0.4, 0.5) is 0 Å². The SMILES string of the molecule is CCNC(CCS(C)(=O)=O)C1(OCC)CCCCC1. The van der Waals surface area contributed by atoms with Crippen LogP contribution in [-0.4, -0.2) is 45.2 Å². The fourth-order valence-electron chi connectivity index (χ4n) is 3.16. The van der Waals surface area contributed by atoms with Gasteiger partial charge in [-0.3, -0.25) is 0 Å². The molecule has 1 aliphatic rings. The molecule has 114 valence electrons. The highest BCUT2D eigenvalue weighted by molar-refractivity contribution is 7.90. The first-order valence-corrected chi connectivity index (χ1v) is 9.54. The van der Waals surface area contributed by atoms with Crippen LogP contribution < -0.4 is 5.32 Å². The minimum Gasteiger partial charge on any atom is -0.374 e. The molecule has 0 spiro atoms. The van der Waals surface area contributed by atoms with E-state index in [2.05, 4.69) is 12.2 Å². The predicted molar refractivity (Wildman–Crippen MR) is 79.2 cm³/mol. The lowest BCUT2D eigenvalue weighted by molar-refractivity contribution is -0.0900. The molecule has 0 saturated heterocycles. The van der Waals surface area contributed by atoms with Crippen LogP contribution in [0.1, 0.15) is 52.4 Å². The molecule has 0 aliphatic heterocycles. The molecule has 0 aromatic carbocycles. The van der Waals surface area contributed by atoms with Crippen LogP contribution in [0.2, 0.25) is 0 Å². The zero-order chi connectivity index (χ0) is 14.4. The quantitative estimate of drug-likeness (QED) is 0.744. The van der Waals surface area contributed by atoms with E-state index in [9.17, 15) is 8.42 Å². The van der Waals surface area contributed by atoms with Crippen LogP contribution in [0.3, 0.4) is 0 Å². The molecule has 5 heteroatoms. The van der Waals surface area contributed by atoms with E-state index in [-0.39, 0.29) is 17.4 Å². The normalized spacial score (nSPS) is 21.2. The van der Waals surface area contributed by atoms with Crippen molar-refractivity contribution in [3.63, 3.8) is 0 Å². The summed E-state index contributed by atoms with van der Waals surface area (Å²) in [6.45, 7) is 5.63. The first-order chi connectivity index (χ1) is 8.93. The first kappa shape index (κ1) is 16.9. The number of nitrogens with one attached hydrogen (secondary N) is 1. The summed E-state index contributed by atoms with van der Waals surface area (Å²) < 4.78 is 28.9. The summed E-state index contributed by atoms with van der Waals surface area (Å²) in [6.07, 6.45) is 7.67. The van der Waals surface area contributed by atoms with E-state index in [1.54, 1.807) is 0 Å². The van der Waals surface area contributed by atoms with Gasteiger partial charge in [-0.05, 0) is 32.7 Å². The molecule has 0 radical (unpaired) electrons. The third-order valence-corrected chi connectivity index (χ3v) is 4.97. The number of ether oxygens (including phenoxy) is 1. The molecule has 1 fully saturated rings. The highest BCUT2D eigenvalue weighted by Gasteiger charge is 2.40. The summed E-state index contributed by atoms with van der Waals surface area (Å²) in [6, 6.07) is 0.146. The van der Waals surface area contributed by atoms with Crippen molar-refractivity contribution in [2.45, 2.75) is 64.0 Å². The predicted octanol–water partition coefficient (Wildman–Crippen LogP) is 2.14. The van der Waals surface area contributed by atoms with Gasteiger partial charge in [0.2, 0.25) is 0 Å². The zero-order valence-electron chi connectivity index (χ0n) is 12.6. The van der Waals surface area contributed by atoms with E-state index >= 15 is 0 Å². The fourth-order valence-corrected chi connectivity index (χ4v) is 3.82. The molecule has 1 N–H and O–H groups in total. The molecule has 1 saturated carbocycles. The summed E-state index contributed by atoms with van der Waals surface area (Å²) in [5.74, 6) is 0.236. The van der Waals surface area contributed by atoms with Gasteiger partial charge in [-0.25, -0.2) is 8.42 Å². The van der Waals surface area contributed by atoms with Crippen molar-refractivity contribution < 1.29 is 13.2 Å². The number of hydrogen-bond acceptors (Lipinski definition) is 4. The topological polar surface area (TPSA) is 55.4 Å². The molecule has 1 aliphatic carbocycles. The molecule has 1 rings (SSSR count). The Bertz CT molecular complexity index is 342. The lowest BCUT2D eigenvalue weighted by Crippen LogP contribution is -2.54. The van der Waals surface area contributed by atoms with Crippen molar-refractivity contribution in [3.8, 4) is 0 Å². The Hall–Kier alpha value is -0.130. The second-order valence-electron chi connectivity index (χ2n) is 5.59. The molecule has 0 aromatic heterocycles. The van der Waals surface area contributed by atoms with Crippen LogP contribution in [0.5, 0.6) is 0 Å². The van der Waals surface area contributed by atoms with Crippen LogP contribution in [0, 0.1) is 0 Å². The van der Waals surface area contributed by atoms with E-state index in [0.717, 1.165) is 19.4 Å². The van der Waals surface area contributed by atoms with Crippen molar-refractivity contribution in [1.29, 1.82) is 0 Å². The molecule has 4 nitrogen and oxygen atoms in total.